The van der Waals surface area contributed by atoms with Gasteiger partial charge in [0.25, 0.3) is 5.91 Å². The molecule has 0 fully saturated rings. The molecule has 22 heavy (non-hydrogen) atoms. The van der Waals surface area contributed by atoms with E-state index in [1.807, 2.05) is 6.92 Å². The molecule has 0 spiro atoms. The number of benzene rings is 1. The summed E-state index contributed by atoms with van der Waals surface area (Å²) in [7, 11) is 0. The van der Waals surface area contributed by atoms with Crippen molar-refractivity contribution < 1.29 is 14.1 Å². The quantitative estimate of drug-likeness (QED) is 0.481. The molecule has 116 valence electrons. The Labute approximate surface area is 132 Å². The summed E-state index contributed by atoms with van der Waals surface area (Å²) in [5, 5.41) is 13.1. The van der Waals surface area contributed by atoms with Gasteiger partial charge in [0, 0.05) is 18.1 Å². The number of hydrogen-bond donors (Lipinski definition) is 1. The number of rotatable bonds is 7. The molecule has 0 saturated heterocycles. The van der Waals surface area contributed by atoms with E-state index in [0.717, 1.165) is 11.5 Å². The zero-order chi connectivity index (χ0) is 15.9. The molecule has 0 radical (unpaired) electrons. The number of furan rings is 1. The van der Waals surface area contributed by atoms with Gasteiger partial charge in [-0.25, -0.2) is 0 Å². The monoisotopic (exact) mass is 320 g/mol. The van der Waals surface area contributed by atoms with Gasteiger partial charge in [0.05, 0.1) is 6.07 Å². The number of aryl methyl sites for hydroxylation is 1. The SMILES string of the molecule is Cc1ccc(CSCCNC(=O)c2ccc([N+](=O)[O-])o2)cc1. The Balaban J connectivity index is 1.68. The minimum atomic E-state index is -0.672. The summed E-state index contributed by atoms with van der Waals surface area (Å²) in [5.41, 5.74) is 2.47. The van der Waals surface area contributed by atoms with Crippen molar-refractivity contribution in [2.24, 2.45) is 0 Å². The van der Waals surface area contributed by atoms with E-state index >= 15 is 0 Å². The first-order chi connectivity index (χ1) is 10.6. The first-order valence-electron chi connectivity index (χ1n) is 6.72. The second kappa shape index (κ2) is 7.65. The molecule has 1 aromatic heterocycles. The molecule has 1 amide bonds. The summed E-state index contributed by atoms with van der Waals surface area (Å²) in [6.45, 7) is 2.52. The second-order valence-corrected chi connectivity index (χ2v) is 5.79. The van der Waals surface area contributed by atoms with Gasteiger partial charge in [0.1, 0.15) is 4.92 Å². The van der Waals surface area contributed by atoms with Crippen molar-refractivity contribution in [3.63, 3.8) is 0 Å². The largest absolute Gasteiger partial charge is 0.433 e. The van der Waals surface area contributed by atoms with Gasteiger partial charge in [-0.05, 0) is 18.6 Å². The number of nitrogens with one attached hydrogen (secondary N) is 1. The van der Waals surface area contributed by atoms with Gasteiger partial charge in [0.2, 0.25) is 0 Å². The fourth-order valence-electron chi connectivity index (χ4n) is 1.75. The minimum absolute atomic E-state index is 0.0461. The van der Waals surface area contributed by atoms with E-state index in [1.54, 1.807) is 11.8 Å². The van der Waals surface area contributed by atoms with Gasteiger partial charge >= 0.3 is 5.88 Å². The van der Waals surface area contributed by atoms with Crippen LogP contribution in [-0.4, -0.2) is 23.1 Å². The van der Waals surface area contributed by atoms with Crippen molar-refractivity contribution in [2.75, 3.05) is 12.3 Å². The van der Waals surface area contributed by atoms with E-state index in [9.17, 15) is 14.9 Å². The fraction of sp³-hybridized carbons (Fsp3) is 0.267. The molecule has 1 N–H and O–H groups in total. The number of amides is 1. The van der Waals surface area contributed by atoms with Crippen LogP contribution in [0.25, 0.3) is 0 Å². The van der Waals surface area contributed by atoms with Crippen LogP contribution in [0, 0.1) is 17.0 Å². The Morgan fingerprint density at radius 3 is 2.64 bits per heavy atom. The number of nitro groups is 1. The first kappa shape index (κ1) is 16.1. The zero-order valence-corrected chi connectivity index (χ0v) is 12.9. The highest BCUT2D eigenvalue weighted by atomic mass is 32.2. The van der Waals surface area contributed by atoms with Gasteiger partial charge < -0.3 is 9.73 Å². The highest BCUT2D eigenvalue weighted by Gasteiger charge is 2.16. The third kappa shape index (κ3) is 4.63. The number of thioether (sulfide) groups is 1. The zero-order valence-electron chi connectivity index (χ0n) is 12.1. The lowest BCUT2D eigenvalue weighted by atomic mass is 10.2. The smallest absolute Gasteiger partial charge is 0.395 e. The molecular formula is C15H16N2O4S. The van der Waals surface area contributed by atoms with Gasteiger partial charge in [0.15, 0.2) is 5.76 Å². The van der Waals surface area contributed by atoms with E-state index in [1.165, 1.54) is 23.3 Å². The van der Waals surface area contributed by atoms with Gasteiger partial charge in [-0.1, -0.05) is 29.8 Å². The highest BCUT2D eigenvalue weighted by molar-refractivity contribution is 7.98. The van der Waals surface area contributed by atoms with Gasteiger partial charge in [-0.15, -0.1) is 0 Å². The van der Waals surface area contributed by atoms with Crippen LogP contribution >= 0.6 is 11.8 Å². The lowest BCUT2D eigenvalue weighted by molar-refractivity contribution is -0.402. The Bertz CT molecular complexity index is 652. The highest BCUT2D eigenvalue weighted by Crippen LogP contribution is 2.15. The summed E-state index contributed by atoms with van der Waals surface area (Å²) in [6.07, 6.45) is 0. The number of nitrogens with zero attached hydrogens (tertiary/aromatic N) is 1. The topological polar surface area (TPSA) is 85.4 Å². The Hall–Kier alpha value is -2.28. The molecule has 0 aliphatic heterocycles. The van der Waals surface area contributed by atoms with Crippen LogP contribution in [0.4, 0.5) is 5.88 Å². The van der Waals surface area contributed by atoms with Crippen molar-refractivity contribution in [3.8, 4) is 0 Å². The van der Waals surface area contributed by atoms with Crippen molar-refractivity contribution in [1.82, 2.24) is 5.32 Å². The van der Waals surface area contributed by atoms with E-state index < -0.39 is 16.7 Å². The number of carbonyl (C=O) groups excluding carboxylic acids is 1. The summed E-state index contributed by atoms with van der Waals surface area (Å²) < 4.78 is 4.83. The van der Waals surface area contributed by atoms with E-state index in [4.69, 9.17) is 4.42 Å². The van der Waals surface area contributed by atoms with Crippen molar-refractivity contribution >= 4 is 23.6 Å². The summed E-state index contributed by atoms with van der Waals surface area (Å²) in [6, 6.07) is 10.8. The molecule has 6 nitrogen and oxygen atoms in total. The Kier molecular flexibility index (Phi) is 5.60. The second-order valence-electron chi connectivity index (χ2n) is 4.69. The van der Waals surface area contributed by atoms with Crippen LogP contribution in [0.5, 0.6) is 0 Å². The predicted molar refractivity (Wildman–Crippen MR) is 85.0 cm³/mol. The third-order valence-corrected chi connectivity index (χ3v) is 3.95. The first-order valence-corrected chi connectivity index (χ1v) is 7.87. The molecule has 2 aromatic rings. The summed E-state index contributed by atoms with van der Waals surface area (Å²) in [5.74, 6) is 0.711. The number of carbonyl (C=O) groups is 1. The molecule has 0 atom stereocenters. The molecule has 2 rings (SSSR count). The van der Waals surface area contributed by atoms with Crippen LogP contribution in [0.3, 0.4) is 0 Å². The molecule has 0 aliphatic rings. The van der Waals surface area contributed by atoms with E-state index in [-0.39, 0.29) is 5.76 Å². The third-order valence-electron chi connectivity index (χ3n) is 2.92. The van der Waals surface area contributed by atoms with Gasteiger partial charge in [-0.2, -0.15) is 11.8 Å². The van der Waals surface area contributed by atoms with Gasteiger partial charge in [-0.3, -0.25) is 14.9 Å². The normalized spacial score (nSPS) is 10.4. The maximum Gasteiger partial charge on any atom is 0.433 e. The van der Waals surface area contributed by atoms with Crippen LogP contribution in [-0.2, 0) is 5.75 Å². The molecule has 0 aliphatic carbocycles. The summed E-state index contributed by atoms with van der Waals surface area (Å²) in [4.78, 5) is 21.5. The molecule has 1 heterocycles. The van der Waals surface area contributed by atoms with Crippen LogP contribution in [0.15, 0.2) is 40.8 Å². The number of hydrogen-bond acceptors (Lipinski definition) is 5. The lowest BCUT2D eigenvalue weighted by Gasteiger charge is -2.04. The van der Waals surface area contributed by atoms with Crippen LogP contribution in [0.2, 0.25) is 0 Å². The molecule has 1 aromatic carbocycles. The minimum Gasteiger partial charge on any atom is -0.395 e. The Morgan fingerprint density at radius 2 is 2.00 bits per heavy atom. The molecule has 0 saturated carbocycles. The van der Waals surface area contributed by atoms with Crippen LogP contribution < -0.4 is 5.32 Å². The average molecular weight is 320 g/mol. The molecule has 0 bridgehead atoms. The molecular weight excluding hydrogens is 304 g/mol. The summed E-state index contributed by atoms with van der Waals surface area (Å²) >= 11 is 1.71. The maximum absolute atomic E-state index is 11.7. The van der Waals surface area contributed by atoms with E-state index in [0.29, 0.717) is 6.54 Å². The van der Waals surface area contributed by atoms with Crippen molar-refractivity contribution in [1.29, 1.82) is 0 Å². The average Bonchev–Trinajstić information content (AvgIpc) is 2.99. The predicted octanol–water partition coefficient (Wildman–Crippen LogP) is 3.16. The maximum atomic E-state index is 11.7. The molecule has 7 heteroatoms. The van der Waals surface area contributed by atoms with Crippen molar-refractivity contribution in [3.05, 3.63) is 63.4 Å². The standard InChI is InChI=1S/C15H16N2O4S/c1-11-2-4-12(5-3-11)10-22-9-8-16-15(18)13-6-7-14(21-13)17(19)20/h2-7H,8-10H2,1H3,(H,16,18). The Morgan fingerprint density at radius 1 is 1.27 bits per heavy atom. The van der Waals surface area contributed by atoms with Crippen LogP contribution in [0.1, 0.15) is 21.7 Å². The fourth-order valence-corrected chi connectivity index (χ4v) is 2.56. The lowest BCUT2D eigenvalue weighted by Crippen LogP contribution is -2.25. The van der Waals surface area contributed by atoms with Crippen molar-refractivity contribution in [2.45, 2.75) is 12.7 Å². The molecule has 0 unspecified atom stereocenters. The van der Waals surface area contributed by atoms with E-state index in [2.05, 4.69) is 29.6 Å².